The van der Waals surface area contributed by atoms with Gasteiger partial charge in [-0.05, 0) is 72.8 Å². The van der Waals surface area contributed by atoms with Crippen LogP contribution in [-0.2, 0) is 0 Å². The van der Waals surface area contributed by atoms with E-state index in [1.54, 1.807) is 21.3 Å². The SMILES string of the molecule is COc1ccccc1N=c1c2ccccc2[nH]c2cccc(-c3nc(-c4cccc5[nH]c6ccccc6c(=Nc6ccccc6OC)c45)nc(-c4cccc5[nH]c6ccccc6c(=Nc6ccccc6OC)c45)n3)c12. The van der Waals surface area contributed by atoms with E-state index < -0.39 is 0 Å². The molecule has 4 heterocycles. The maximum atomic E-state index is 5.86. The molecule has 0 radical (unpaired) electrons. The molecule has 0 spiro atoms. The van der Waals surface area contributed by atoms with E-state index in [2.05, 4.69) is 87.7 Å². The molecule has 0 aliphatic heterocycles. The number of methoxy groups -OCH3 is 3. The van der Waals surface area contributed by atoms with Crippen molar-refractivity contribution in [3.8, 4) is 51.4 Å². The number of hydrogen-bond donors (Lipinski definition) is 3. The zero-order valence-electron chi connectivity index (χ0n) is 41.0. The standard InChI is InChI=1S/C63H45N9O3/c1-73-52-34-13-10-28-46(52)67-58-37-19-4-7-25-43(37)64-49-31-16-22-40(55(49)58)61-70-62(41-23-17-32-50-56(41)59(38-20-5-8-26-44(38)65-50)68-47-29-11-14-35-53(47)74-2)72-63(71-61)42-24-18-33-51-57(42)60(39-21-6-9-27-45(39)66-51)69-48-30-12-15-36-54(48)75-3/h4-36H,1-3H3,(H,64,67)(H,65,68)(H,66,69). The Kier molecular flexibility index (Phi) is 11.2. The highest BCUT2D eigenvalue weighted by atomic mass is 16.5. The van der Waals surface area contributed by atoms with Gasteiger partial charge >= 0.3 is 0 Å². The number of H-pyrrole nitrogens is 3. The first-order chi connectivity index (χ1) is 37.0. The zero-order valence-corrected chi connectivity index (χ0v) is 41.0. The van der Waals surface area contributed by atoms with Crippen LogP contribution in [0.2, 0.25) is 0 Å². The molecule has 0 bridgehead atoms. The summed E-state index contributed by atoms with van der Waals surface area (Å²) < 4.78 is 17.6. The van der Waals surface area contributed by atoms with Crippen LogP contribution in [0.25, 0.3) is 99.6 Å². The number of benzene rings is 9. The van der Waals surface area contributed by atoms with Crippen molar-refractivity contribution in [2.75, 3.05) is 21.3 Å². The number of ether oxygens (including phenoxy) is 3. The molecule has 9 aromatic carbocycles. The van der Waals surface area contributed by atoms with Gasteiger partial charge in [-0.25, -0.2) is 29.9 Å². The molecular formula is C63H45N9O3. The van der Waals surface area contributed by atoms with Gasteiger partial charge in [-0.2, -0.15) is 0 Å². The normalized spacial score (nSPS) is 12.4. The Morgan fingerprint density at radius 1 is 0.293 bits per heavy atom. The maximum absolute atomic E-state index is 5.86. The van der Waals surface area contributed by atoms with Gasteiger partial charge in [0.25, 0.3) is 0 Å². The highest BCUT2D eigenvalue weighted by Crippen LogP contribution is 2.36. The number of para-hydroxylation sites is 9. The Morgan fingerprint density at radius 3 is 0.867 bits per heavy atom. The summed E-state index contributed by atoms with van der Waals surface area (Å²) in [7, 11) is 4.98. The lowest BCUT2D eigenvalue weighted by atomic mass is 10.0. The molecule has 13 aromatic rings. The number of aromatic nitrogens is 6. The van der Waals surface area contributed by atoms with Crippen molar-refractivity contribution >= 4 is 82.5 Å². The first kappa shape index (κ1) is 44.7. The molecule has 0 saturated heterocycles. The number of hydrogen-bond acceptors (Lipinski definition) is 9. The first-order valence-electron chi connectivity index (χ1n) is 24.5. The zero-order chi connectivity index (χ0) is 50.4. The van der Waals surface area contributed by atoms with Gasteiger partial charge in [0, 0.05) is 82.1 Å². The third kappa shape index (κ3) is 7.88. The van der Waals surface area contributed by atoms with E-state index in [9.17, 15) is 0 Å². The molecule has 0 unspecified atom stereocenters. The average molecular weight is 976 g/mol. The Bertz CT molecular complexity index is 4170. The summed E-state index contributed by atoms with van der Waals surface area (Å²) in [5, 5.41) is 7.39. The van der Waals surface area contributed by atoms with Crippen LogP contribution in [0.4, 0.5) is 17.1 Å². The van der Waals surface area contributed by atoms with Gasteiger partial charge in [0.1, 0.15) is 34.3 Å². The first-order valence-corrected chi connectivity index (χ1v) is 24.5. The number of nitrogens with one attached hydrogen (secondary N) is 3. The van der Waals surface area contributed by atoms with Gasteiger partial charge in [-0.3, -0.25) is 0 Å². The Hall–Kier alpha value is -10.2. The van der Waals surface area contributed by atoms with Crippen LogP contribution in [0.5, 0.6) is 17.2 Å². The van der Waals surface area contributed by atoms with E-state index in [1.807, 2.05) is 127 Å². The van der Waals surface area contributed by atoms with Gasteiger partial charge in [0.05, 0.1) is 37.4 Å². The van der Waals surface area contributed by atoms with Gasteiger partial charge in [0.2, 0.25) is 0 Å². The van der Waals surface area contributed by atoms with Crippen molar-refractivity contribution in [1.29, 1.82) is 0 Å². The van der Waals surface area contributed by atoms with E-state index >= 15 is 0 Å². The average Bonchev–Trinajstić information content (AvgIpc) is 3.49. The topological polar surface area (TPSA) is 151 Å². The molecule has 0 fully saturated rings. The van der Waals surface area contributed by atoms with Gasteiger partial charge in [0.15, 0.2) is 17.5 Å². The molecule has 4 aromatic heterocycles. The number of rotatable bonds is 9. The van der Waals surface area contributed by atoms with Crippen LogP contribution in [0.1, 0.15) is 0 Å². The third-order valence-corrected chi connectivity index (χ3v) is 13.6. The molecule has 0 aliphatic rings. The van der Waals surface area contributed by atoms with E-state index in [-0.39, 0.29) is 0 Å². The minimum atomic E-state index is 0.427. The minimum absolute atomic E-state index is 0.427. The molecule has 0 aliphatic carbocycles. The lowest BCUT2D eigenvalue weighted by molar-refractivity contribution is 0.416. The second kappa shape index (κ2) is 18.8. The second-order valence-corrected chi connectivity index (χ2v) is 17.9. The predicted molar refractivity (Wildman–Crippen MR) is 299 cm³/mol. The minimum Gasteiger partial charge on any atom is -0.494 e. The summed E-state index contributed by atoms with van der Waals surface area (Å²) in [6, 6.07) is 66.3. The van der Waals surface area contributed by atoms with Crippen molar-refractivity contribution in [1.82, 2.24) is 29.9 Å². The molecular weight excluding hydrogens is 931 g/mol. The summed E-state index contributed by atoms with van der Waals surface area (Å²) in [5.41, 5.74) is 9.55. The Morgan fingerprint density at radius 2 is 0.560 bits per heavy atom. The fraction of sp³-hybridized carbons (Fsp3) is 0.0476. The van der Waals surface area contributed by atoms with Gasteiger partial charge < -0.3 is 29.2 Å². The van der Waals surface area contributed by atoms with Crippen molar-refractivity contribution < 1.29 is 14.2 Å². The van der Waals surface area contributed by atoms with Crippen LogP contribution in [0.3, 0.4) is 0 Å². The Labute approximate surface area is 428 Å². The molecule has 12 heteroatoms. The number of nitrogens with zero attached hydrogens (tertiary/aromatic N) is 6. The lowest BCUT2D eigenvalue weighted by Gasteiger charge is -2.15. The molecule has 360 valence electrons. The molecule has 3 N–H and O–H groups in total. The fourth-order valence-electron chi connectivity index (χ4n) is 10.1. The van der Waals surface area contributed by atoms with E-state index in [4.69, 9.17) is 44.1 Å². The summed E-state index contributed by atoms with van der Waals surface area (Å²) in [6.45, 7) is 0. The summed E-state index contributed by atoms with van der Waals surface area (Å²) in [5.74, 6) is 3.22. The summed E-state index contributed by atoms with van der Waals surface area (Å²) >= 11 is 0. The smallest absolute Gasteiger partial charge is 0.164 e. The molecule has 0 saturated carbocycles. The van der Waals surface area contributed by atoms with Gasteiger partial charge in [-0.1, -0.05) is 127 Å². The number of aromatic amines is 3. The van der Waals surface area contributed by atoms with E-state index in [1.165, 1.54) is 0 Å². The Balaban J connectivity index is 1.19. The maximum Gasteiger partial charge on any atom is 0.164 e. The van der Waals surface area contributed by atoms with Crippen LogP contribution < -0.4 is 30.3 Å². The highest BCUT2D eigenvalue weighted by molar-refractivity contribution is 6.04. The highest BCUT2D eigenvalue weighted by Gasteiger charge is 2.22. The number of fused-ring (bicyclic) bond motifs is 6. The van der Waals surface area contributed by atoms with Crippen molar-refractivity contribution in [2.45, 2.75) is 0 Å². The van der Waals surface area contributed by atoms with Crippen LogP contribution in [0.15, 0.2) is 215 Å². The van der Waals surface area contributed by atoms with Crippen molar-refractivity contribution in [3.63, 3.8) is 0 Å². The predicted octanol–water partition coefficient (Wildman–Crippen LogP) is 13.5. The molecule has 0 amide bonds. The number of pyridine rings is 3. The third-order valence-electron chi connectivity index (χ3n) is 13.6. The largest absolute Gasteiger partial charge is 0.494 e. The molecule has 12 nitrogen and oxygen atoms in total. The second-order valence-electron chi connectivity index (χ2n) is 17.9. The van der Waals surface area contributed by atoms with E-state index in [0.29, 0.717) is 51.8 Å². The summed E-state index contributed by atoms with van der Waals surface area (Å²) in [4.78, 5) is 44.0. The van der Waals surface area contributed by atoms with Gasteiger partial charge in [-0.15, -0.1) is 0 Å². The molecule has 0 atom stereocenters. The van der Waals surface area contributed by atoms with Crippen molar-refractivity contribution in [3.05, 3.63) is 216 Å². The lowest BCUT2D eigenvalue weighted by Crippen LogP contribution is -2.12. The van der Waals surface area contributed by atoms with Crippen molar-refractivity contribution in [2.24, 2.45) is 15.0 Å². The molecule has 13 rings (SSSR count). The van der Waals surface area contributed by atoms with E-state index in [0.717, 1.165) is 98.2 Å². The van der Waals surface area contributed by atoms with Crippen LogP contribution >= 0.6 is 0 Å². The molecule has 75 heavy (non-hydrogen) atoms. The summed E-state index contributed by atoms with van der Waals surface area (Å²) in [6.07, 6.45) is 0. The van der Waals surface area contributed by atoms with Crippen LogP contribution in [0, 0.1) is 0 Å². The fourth-order valence-corrected chi connectivity index (χ4v) is 10.1. The van der Waals surface area contributed by atoms with Crippen LogP contribution in [-0.4, -0.2) is 51.2 Å². The monoisotopic (exact) mass is 975 g/mol. The quantitative estimate of drug-likeness (QED) is 0.123.